The molecule has 13 heavy (non-hydrogen) atoms. The largest absolute Gasteiger partial charge is 0.350 e. The fourth-order valence-electron chi connectivity index (χ4n) is 0.637. The summed E-state index contributed by atoms with van der Waals surface area (Å²) in [5.41, 5.74) is 6.66. The Kier molecular flexibility index (Phi) is 3.15. The Balaban J connectivity index is 2.51. The number of hydrogen-bond acceptors (Lipinski definition) is 4. The molecule has 68 valence electrons. The van der Waals surface area contributed by atoms with Crippen LogP contribution in [0.1, 0.15) is 9.67 Å². The number of urea groups is 1. The van der Waals surface area contributed by atoms with Gasteiger partial charge in [0.05, 0.1) is 11.1 Å². The molecule has 1 rings (SSSR count). The highest BCUT2D eigenvalue weighted by Gasteiger charge is 2.01. The Morgan fingerprint density at radius 3 is 2.92 bits per heavy atom. The van der Waals surface area contributed by atoms with Gasteiger partial charge in [-0.2, -0.15) is 5.10 Å². The van der Waals surface area contributed by atoms with Gasteiger partial charge in [-0.05, 0) is 11.4 Å². The number of primary amides is 1. The summed E-state index contributed by atoms with van der Waals surface area (Å²) < 4.78 is 0. The number of nitrogens with two attached hydrogens (primary N) is 1. The van der Waals surface area contributed by atoms with Crippen molar-refractivity contribution in [2.45, 2.75) is 0 Å². The summed E-state index contributed by atoms with van der Waals surface area (Å²) in [4.78, 5) is 21.9. The Bertz CT molecular complexity index is 332. The number of ketones is 1. The molecule has 0 fully saturated rings. The van der Waals surface area contributed by atoms with Crippen LogP contribution in [-0.2, 0) is 0 Å². The van der Waals surface area contributed by atoms with E-state index in [-0.39, 0.29) is 5.78 Å². The number of Topliss-reactive ketones (excluding diaryl/α,β-unsaturated/α-hetero) is 1. The van der Waals surface area contributed by atoms with E-state index in [1.165, 1.54) is 11.3 Å². The van der Waals surface area contributed by atoms with Crippen LogP contribution in [-0.4, -0.2) is 18.0 Å². The second kappa shape index (κ2) is 4.36. The number of rotatable bonds is 3. The molecule has 5 nitrogen and oxygen atoms in total. The van der Waals surface area contributed by atoms with E-state index in [1.807, 2.05) is 5.43 Å². The van der Waals surface area contributed by atoms with E-state index in [0.717, 1.165) is 6.21 Å². The number of amides is 2. The summed E-state index contributed by atoms with van der Waals surface area (Å²) in [6.07, 6.45) is 1.01. The molecule has 0 saturated heterocycles. The van der Waals surface area contributed by atoms with Crippen molar-refractivity contribution in [2.75, 3.05) is 0 Å². The minimum atomic E-state index is -0.796. The van der Waals surface area contributed by atoms with Crippen molar-refractivity contribution >= 4 is 29.4 Å². The lowest BCUT2D eigenvalue weighted by molar-refractivity contribution is 0.107. The fourth-order valence-corrected chi connectivity index (χ4v) is 1.27. The molecular weight excluding hydrogens is 190 g/mol. The average molecular weight is 197 g/mol. The molecule has 1 aromatic heterocycles. The molecule has 0 unspecified atom stereocenters. The van der Waals surface area contributed by atoms with E-state index in [4.69, 9.17) is 5.73 Å². The van der Waals surface area contributed by atoms with Crippen LogP contribution in [0, 0.1) is 0 Å². The van der Waals surface area contributed by atoms with E-state index in [0.29, 0.717) is 4.88 Å². The highest BCUT2D eigenvalue weighted by atomic mass is 32.1. The molecule has 0 bridgehead atoms. The molecule has 0 aliphatic heterocycles. The number of nitrogens with one attached hydrogen (secondary N) is 1. The van der Waals surface area contributed by atoms with E-state index in [2.05, 4.69) is 5.10 Å². The van der Waals surface area contributed by atoms with Crippen molar-refractivity contribution < 1.29 is 9.59 Å². The number of nitrogens with zero attached hydrogens (tertiary/aromatic N) is 1. The van der Waals surface area contributed by atoms with Gasteiger partial charge in [0.25, 0.3) is 0 Å². The zero-order valence-electron chi connectivity index (χ0n) is 6.56. The Morgan fingerprint density at radius 2 is 2.38 bits per heavy atom. The summed E-state index contributed by atoms with van der Waals surface area (Å²) >= 11 is 1.31. The summed E-state index contributed by atoms with van der Waals surface area (Å²) in [7, 11) is 0. The number of hydrogen-bond donors (Lipinski definition) is 2. The minimum absolute atomic E-state index is 0.260. The summed E-state index contributed by atoms with van der Waals surface area (Å²) in [5, 5.41) is 5.11. The molecule has 0 aromatic carbocycles. The maximum absolute atomic E-state index is 11.2. The maximum Gasteiger partial charge on any atom is 0.332 e. The quantitative estimate of drug-likeness (QED) is 0.422. The minimum Gasteiger partial charge on any atom is -0.350 e. The van der Waals surface area contributed by atoms with Crippen molar-refractivity contribution in [3.63, 3.8) is 0 Å². The first-order valence-corrected chi connectivity index (χ1v) is 4.24. The van der Waals surface area contributed by atoms with Gasteiger partial charge in [0.2, 0.25) is 5.78 Å². The maximum atomic E-state index is 11.2. The molecule has 0 aliphatic carbocycles. The van der Waals surface area contributed by atoms with Gasteiger partial charge in [0.15, 0.2) is 0 Å². The lowest BCUT2D eigenvalue weighted by atomic mass is 10.3. The van der Waals surface area contributed by atoms with Crippen molar-refractivity contribution in [3.8, 4) is 0 Å². The van der Waals surface area contributed by atoms with Crippen molar-refractivity contribution in [2.24, 2.45) is 10.8 Å². The first kappa shape index (κ1) is 9.40. The second-order valence-corrected chi connectivity index (χ2v) is 3.02. The molecule has 0 aliphatic rings. The predicted molar refractivity (Wildman–Crippen MR) is 49.9 cm³/mol. The molecule has 3 N–H and O–H groups in total. The first-order chi connectivity index (χ1) is 6.20. The summed E-state index contributed by atoms with van der Waals surface area (Å²) in [6, 6.07) is 2.63. The standard InChI is InChI=1S/C7H7N3O2S/c8-7(12)10-9-4-5(11)6-2-1-3-13-6/h1-4H,(H3,8,10,12)/b9-4+. The number of carbonyl (C=O) groups is 2. The van der Waals surface area contributed by atoms with Crippen LogP contribution in [0.3, 0.4) is 0 Å². The van der Waals surface area contributed by atoms with Crippen LogP contribution in [0.2, 0.25) is 0 Å². The zero-order valence-corrected chi connectivity index (χ0v) is 7.38. The topological polar surface area (TPSA) is 84.6 Å². The normalized spacial score (nSPS) is 10.2. The first-order valence-electron chi connectivity index (χ1n) is 3.36. The van der Waals surface area contributed by atoms with Gasteiger partial charge in [-0.1, -0.05) is 6.07 Å². The molecule has 1 heterocycles. The molecule has 0 radical (unpaired) electrons. The van der Waals surface area contributed by atoms with Gasteiger partial charge in [0.1, 0.15) is 0 Å². The predicted octanol–water partition coefficient (Wildman–Crippen LogP) is 0.585. The van der Waals surface area contributed by atoms with Crippen LogP contribution < -0.4 is 11.2 Å². The second-order valence-electron chi connectivity index (χ2n) is 2.08. The van der Waals surface area contributed by atoms with Crippen LogP contribution in [0.15, 0.2) is 22.6 Å². The van der Waals surface area contributed by atoms with Crippen molar-refractivity contribution in [1.29, 1.82) is 0 Å². The third-order valence-corrected chi connectivity index (χ3v) is 2.00. The molecule has 1 aromatic rings. The highest BCUT2D eigenvalue weighted by molar-refractivity contribution is 7.12. The smallest absolute Gasteiger partial charge is 0.332 e. The van der Waals surface area contributed by atoms with Gasteiger partial charge < -0.3 is 5.73 Å². The molecular formula is C7H7N3O2S. The number of carbonyl (C=O) groups excluding carboxylic acids is 2. The SMILES string of the molecule is NC(=O)N/N=C/C(=O)c1cccs1. The summed E-state index contributed by atoms with van der Waals surface area (Å²) in [5.74, 6) is -0.260. The van der Waals surface area contributed by atoms with Crippen molar-refractivity contribution in [1.82, 2.24) is 5.43 Å². The lowest BCUT2D eigenvalue weighted by Crippen LogP contribution is -2.24. The van der Waals surface area contributed by atoms with Crippen LogP contribution in [0.25, 0.3) is 0 Å². The Hall–Kier alpha value is -1.69. The highest BCUT2D eigenvalue weighted by Crippen LogP contribution is 2.07. The van der Waals surface area contributed by atoms with E-state index < -0.39 is 6.03 Å². The third-order valence-electron chi connectivity index (χ3n) is 1.12. The Labute approximate surface area is 78.2 Å². The number of thiophene rings is 1. The number of hydrazone groups is 1. The summed E-state index contributed by atoms with van der Waals surface area (Å²) in [6.45, 7) is 0. The van der Waals surface area contributed by atoms with E-state index >= 15 is 0 Å². The average Bonchev–Trinajstić information content (AvgIpc) is 2.55. The van der Waals surface area contributed by atoms with E-state index in [9.17, 15) is 9.59 Å². The van der Waals surface area contributed by atoms with E-state index in [1.54, 1.807) is 17.5 Å². The third kappa shape index (κ3) is 3.04. The fraction of sp³-hybridized carbons (Fsp3) is 0. The molecule has 0 spiro atoms. The van der Waals surface area contributed by atoms with Gasteiger partial charge in [-0.3, -0.25) is 4.79 Å². The lowest BCUT2D eigenvalue weighted by Gasteiger charge is -1.89. The molecule has 0 atom stereocenters. The molecule has 2 amide bonds. The monoisotopic (exact) mass is 197 g/mol. The van der Waals surface area contributed by atoms with Gasteiger partial charge in [-0.25, -0.2) is 10.2 Å². The van der Waals surface area contributed by atoms with Gasteiger partial charge >= 0.3 is 6.03 Å². The molecule has 0 saturated carbocycles. The zero-order chi connectivity index (χ0) is 9.68. The van der Waals surface area contributed by atoms with Crippen LogP contribution in [0.5, 0.6) is 0 Å². The van der Waals surface area contributed by atoms with Gasteiger partial charge in [0, 0.05) is 0 Å². The van der Waals surface area contributed by atoms with Crippen LogP contribution >= 0.6 is 11.3 Å². The van der Waals surface area contributed by atoms with Crippen LogP contribution in [0.4, 0.5) is 4.79 Å². The Morgan fingerprint density at radius 1 is 1.62 bits per heavy atom. The van der Waals surface area contributed by atoms with Crippen molar-refractivity contribution in [3.05, 3.63) is 22.4 Å². The van der Waals surface area contributed by atoms with Gasteiger partial charge in [-0.15, -0.1) is 11.3 Å². The molecule has 6 heteroatoms.